The molecule has 0 aliphatic heterocycles. The summed E-state index contributed by atoms with van der Waals surface area (Å²) in [7, 11) is -3.78. The molecule has 0 saturated heterocycles. The highest BCUT2D eigenvalue weighted by Gasteiger charge is 2.20. The second kappa shape index (κ2) is 11.9. The molecular weight excluding hydrogens is 378 g/mol. The van der Waals surface area contributed by atoms with Gasteiger partial charge in [-0.25, -0.2) is 22.7 Å². The third kappa shape index (κ3) is 12.3. The molecule has 0 aliphatic carbocycles. The van der Waals surface area contributed by atoms with E-state index < -0.39 is 34.0 Å². The van der Waals surface area contributed by atoms with Crippen LogP contribution in [0.2, 0.25) is 0 Å². The van der Waals surface area contributed by atoms with E-state index >= 15 is 0 Å². The number of carbonyl (C=O) groups excluding carboxylic acids is 1. The van der Waals surface area contributed by atoms with E-state index in [9.17, 15) is 22.8 Å². The smallest absolute Gasteiger partial charge is 0.418 e. The average molecular weight is 403 g/mol. The number of amides is 2. The fraction of sp³-hybridized carbons (Fsp3) is 0.438. The van der Waals surface area contributed by atoms with Gasteiger partial charge in [-0.2, -0.15) is 0 Å². The Labute approximate surface area is 157 Å². The fourth-order valence-electron chi connectivity index (χ4n) is 1.91. The third-order valence-electron chi connectivity index (χ3n) is 2.97. The SMILES string of the molecule is CC(C)C[C@H](NC(=O)CN)C(=O)O.O=C(O)NS(=O)(=O)Cc1ccccc1. The van der Waals surface area contributed by atoms with Gasteiger partial charge >= 0.3 is 12.1 Å². The van der Waals surface area contributed by atoms with Crippen LogP contribution < -0.4 is 15.8 Å². The van der Waals surface area contributed by atoms with Crippen LogP contribution >= 0.6 is 0 Å². The maximum atomic E-state index is 11.1. The Hall–Kier alpha value is -2.66. The zero-order chi connectivity index (χ0) is 21.0. The number of nitrogens with one attached hydrogen (secondary N) is 2. The summed E-state index contributed by atoms with van der Waals surface area (Å²) in [5.74, 6) is -1.57. The van der Waals surface area contributed by atoms with Crippen LogP contribution in [0.3, 0.4) is 0 Å². The molecule has 0 saturated carbocycles. The van der Waals surface area contributed by atoms with Crippen molar-refractivity contribution in [1.82, 2.24) is 10.0 Å². The van der Waals surface area contributed by atoms with E-state index in [0.717, 1.165) is 0 Å². The van der Waals surface area contributed by atoms with Crippen LogP contribution in [-0.4, -0.2) is 49.2 Å². The van der Waals surface area contributed by atoms with E-state index in [2.05, 4.69) is 5.32 Å². The molecule has 0 bridgehead atoms. The van der Waals surface area contributed by atoms with Crippen LogP contribution in [0.25, 0.3) is 0 Å². The number of carboxylic acid groups (broad SMARTS) is 2. The van der Waals surface area contributed by atoms with Crippen molar-refractivity contribution < 1.29 is 33.0 Å². The first-order chi connectivity index (χ1) is 12.5. The Morgan fingerprint density at radius 1 is 1.11 bits per heavy atom. The summed E-state index contributed by atoms with van der Waals surface area (Å²) in [6, 6.07) is 7.52. The van der Waals surface area contributed by atoms with Gasteiger partial charge in [0.25, 0.3) is 0 Å². The Balaban J connectivity index is 0.000000503. The van der Waals surface area contributed by atoms with Crippen molar-refractivity contribution >= 4 is 28.0 Å². The van der Waals surface area contributed by atoms with Crippen molar-refractivity contribution in [3.63, 3.8) is 0 Å². The second-order valence-electron chi connectivity index (χ2n) is 5.94. The maximum Gasteiger partial charge on any atom is 0.418 e. The number of hydrogen-bond donors (Lipinski definition) is 5. The Bertz CT molecular complexity index is 721. The molecule has 1 rings (SSSR count). The van der Waals surface area contributed by atoms with Crippen LogP contribution in [0.4, 0.5) is 4.79 Å². The summed E-state index contributed by atoms with van der Waals surface area (Å²) in [5.41, 5.74) is 5.59. The number of carbonyl (C=O) groups is 3. The molecule has 11 heteroatoms. The van der Waals surface area contributed by atoms with Crippen LogP contribution in [0.15, 0.2) is 30.3 Å². The molecule has 6 N–H and O–H groups in total. The van der Waals surface area contributed by atoms with Crippen LogP contribution in [0.5, 0.6) is 0 Å². The molecular formula is C16H25N3O7S. The third-order valence-corrected chi connectivity index (χ3v) is 4.17. The normalized spacial score (nSPS) is 11.7. The number of nitrogens with two attached hydrogens (primary N) is 1. The number of hydrogen-bond acceptors (Lipinski definition) is 6. The fourth-order valence-corrected chi connectivity index (χ4v) is 2.88. The summed E-state index contributed by atoms with van der Waals surface area (Å²) in [4.78, 5) is 31.6. The summed E-state index contributed by atoms with van der Waals surface area (Å²) < 4.78 is 23.7. The van der Waals surface area contributed by atoms with E-state index in [1.54, 1.807) is 30.3 Å². The first-order valence-electron chi connectivity index (χ1n) is 7.96. The minimum absolute atomic E-state index is 0.179. The van der Waals surface area contributed by atoms with Crippen molar-refractivity contribution in [2.75, 3.05) is 6.54 Å². The highest BCUT2D eigenvalue weighted by Crippen LogP contribution is 2.04. The average Bonchev–Trinajstić information content (AvgIpc) is 2.53. The molecule has 10 nitrogen and oxygen atoms in total. The van der Waals surface area contributed by atoms with Crippen molar-refractivity contribution in [3.8, 4) is 0 Å². The highest BCUT2D eigenvalue weighted by atomic mass is 32.2. The van der Waals surface area contributed by atoms with Crippen molar-refractivity contribution in [2.45, 2.75) is 32.1 Å². The zero-order valence-corrected chi connectivity index (χ0v) is 15.9. The van der Waals surface area contributed by atoms with Crippen LogP contribution in [0, 0.1) is 5.92 Å². The van der Waals surface area contributed by atoms with Crippen molar-refractivity contribution in [1.29, 1.82) is 0 Å². The van der Waals surface area contributed by atoms with Crippen LogP contribution in [0.1, 0.15) is 25.8 Å². The quantitative estimate of drug-likeness (QED) is 0.413. The monoisotopic (exact) mass is 403 g/mol. The Kier molecular flexibility index (Phi) is 10.7. The Morgan fingerprint density at radius 3 is 2.07 bits per heavy atom. The first-order valence-corrected chi connectivity index (χ1v) is 9.61. The molecule has 0 unspecified atom stereocenters. The van der Waals surface area contributed by atoms with E-state index in [1.165, 1.54) is 4.72 Å². The van der Waals surface area contributed by atoms with Gasteiger partial charge in [-0.05, 0) is 17.9 Å². The van der Waals surface area contributed by atoms with Gasteiger partial charge in [0.2, 0.25) is 15.9 Å². The van der Waals surface area contributed by atoms with Gasteiger partial charge in [0, 0.05) is 0 Å². The molecule has 1 aromatic carbocycles. The molecule has 27 heavy (non-hydrogen) atoms. The van der Waals surface area contributed by atoms with Gasteiger partial charge < -0.3 is 21.3 Å². The summed E-state index contributed by atoms with van der Waals surface area (Å²) >= 11 is 0. The number of benzene rings is 1. The second-order valence-corrected chi connectivity index (χ2v) is 7.67. The molecule has 2 amide bonds. The standard InChI is InChI=1S/C8H16N2O3.C8H9NO4S/c1-5(2)3-6(8(12)13)10-7(11)4-9;10-8(11)9-14(12,13)6-7-4-2-1-3-5-7/h5-6H,3-4,9H2,1-2H3,(H,10,11)(H,12,13);1-5,9H,6H2,(H,10,11)/t6-;/m0./s1. The topological polar surface area (TPSA) is 176 Å². The number of sulfonamides is 1. The van der Waals surface area contributed by atoms with Gasteiger partial charge in [0.05, 0.1) is 12.3 Å². The number of rotatable bonds is 8. The molecule has 1 atom stereocenters. The van der Waals surface area contributed by atoms with Crippen molar-refractivity contribution in [3.05, 3.63) is 35.9 Å². The highest BCUT2D eigenvalue weighted by molar-refractivity contribution is 7.89. The van der Waals surface area contributed by atoms with Gasteiger partial charge in [-0.15, -0.1) is 0 Å². The molecule has 1 aromatic rings. The minimum Gasteiger partial charge on any atom is -0.480 e. The van der Waals surface area contributed by atoms with Gasteiger partial charge in [-0.3, -0.25) is 4.79 Å². The predicted molar refractivity (Wildman–Crippen MR) is 98.3 cm³/mol. The molecule has 152 valence electrons. The lowest BCUT2D eigenvalue weighted by Gasteiger charge is -2.15. The minimum atomic E-state index is -3.78. The maximum absolute atomic E-state index is 11.1. The predicted octanol–water partition coefficient (Wildman–Crippen LogP) is 0.345. The molecule has 0 aliphatic rings. The molecule has 0 heterocycles. The lowest BCUT2D eigenvalue weighted by Crippen LogP contribution is -2.44. The van der Waals surface area contributed by atoms with E-state index in [0.29, 0.717) is 12.0 Å². The summed E-state index contributed by atoms with van der Waals surface area (Å²) in [6.45, 7) is 3.61. The molecule has 0 aromatic heterocycles. The lowest BCUT2D eigenvalue weighted by atomic mass is 10.0. The zero-order valence-electron chi connectivity index (χ0n) is 15.1. The molecule has 0 spiro atoms. The Morgan fingerprint density at radius 2 is 1.67 bits per heavy atom. The summed E-state index contributed by atoms with van der Waals surface area (Å²) in [6.07, 6.45) is -1.15. The molecule has 0 radical (unpaired) electrons. The molecule has 0 fully saturated rings. The van der Waals surface area contributed by atoms with Gasteiger partial charge in [0.1, 0.15) is 6.04 Å². The largest absolute Gasteiger partial charge is 0.480 e. The lowest BCUT2D eigenvalue weighted by molar-refractivity contribution is -0.142. The first kappa shape index (κ1) is 24.3. The van der Waals surface area contributed by atoms with E-state index in [1.807, 2.05) is 13.8 Å². The number of carboxylic acids is 1. The van der Waals surface area contributed by atoms with Crippen molar-refractivity contribution in [2.24, 2.45) is 11.7 Å². The number of aliphatic carboxylic acids is 1. The van der Waals surface area contributed by atoms with E-state index in [-0.39, 0.29) is 18.2 Å². The van der Waals surface area contributed by atoms with E-state index in [4.69, 9.17) is 15.9 Å². The van der Waals surface area contributed by atoms with Gasteiger partial charge in [-0.1, -0.05) is 44.2 Å². The van der Waals surface area contributed by atoms with Gasteiger partial charge in [0.15, 0.2) is 0 Å². The van der Waals surface area contributed by atoms with Crippen LogP contribution in [-0.2, 0) is 25.4 Å². The summed E-state index contributed by atoms with van der Waals surface area (Å²) in [5, 5.41) is 19.3.